The molecule has 69 heavy (non-hydrogen) atoms. The van der Waals surface area contributed by atoms with E-state index in [1.165, 1.54) is 94.8 Å². The van der Waals surface area contributed by atoms with Crippen molar-refractivity contribution < 1.29 is 28.9 Å². The first-order chi connectivity index (χ1) is 33.0. The van der Waals surface area contributed by atoms with Gasteiger partial charge in [-0.3, -0.25) is 9.37 Å². The van der Waals surface area contributed by atoms with Crippen LogP contribution in [0.25, 0.3) is 83.2 Å². The number of hydrogen-bond donors (Lipinski definition) is 0. The third-order valence-electron chi connectivity index (χ3n) is 15.1. The van der Waals surface area contributed by atoms with Crippen LogP contribution in [0.3, 0.4) is 0 Å². The van der Waals surface area contributed by atoms with Crippen molar-refractivity contribution in [3.63, 3.8) is 0 Å². The van der Waals surface area contributed by atoms with Gasteiger partial charge in [-0.1, -0.05) is 175 Å². The average Bonchev–Trinajstić information content (AvgIpc) is 3.95. The Bertz CT molecular complexity index is 3460. The third kappa shape index (κ3) is 8.41. The largest absolute Gasteiger partial charge is 0.500 e. The van der Waals surface area contributed by atoms with E-state index in [-0.39, 0.29) is 43.2 Å². The molecule has 12 rings (SSSR count). The van der Waals surface area contributed by atoms with E-state index in [0.717, 1.165) is 61.0 Å². The van der Waals surface area contributed by atoms with Crippen LogP contribution in [0.1, 0.15) is 95.8 Å². The molecule has 2 aliphatic rings. The van der Waals surface area contributed by atoms with Crippen molar-refractivity contribution in [3.8, 4) is 39.5 Å². The van der Waals surface area contributed by atoms with Crippen LogP contribution in [0.2, 0.25) is 18.1 Å². The Hall–Kier alpha value is -5.98. The fourth-order valence-electron chi connectivity index (χ4n) is 11.4. The number of imidazole rings is 1. The Morgan fingerprint density at radius 3 is 2.14 bits per heavy atom. The fraction of sp³-hybridized carbons (Fsp3) is 0.258. The van der Waals surface area contributed by atoms with Crippen LogP contribution in [-0.2, 0) is 25.5 Å². The van der Waals surface area contributed by atoms with Gasteiger partial charge in [0, 0.05) is 48.6 Å². The van der Waals surface area contributed by atoms with Crippen molar-refractivity contribution in [1.29, 1.82) is 0 Å². The molecular formula is C62H58FIrN3OSi-2. The zero-order valence-electron chi connectivity index (χ0n) is 40.4. The Morgan fingerprint density at radius 1 is 0.696 bits per heavy atom. The first-order valence-corrected chi connectivity index (χ1v) is 27.3. The zero-order valence-corrected chi connectivity index (χ0v) is 43.8. The van der Waals surface area contributed by atoms with Gasteiger partial charge in [0.1, 0.15) is 5.58 Å². The van der Waals surface area contributed by atoms with E-state index in [2.05, 4.69) is 180 Å². The molecular weight excluding hydrogens is 1040 g/mol. The summed E-state index contributed by atoms with van der Waals surface area (Å²) >= 11 is 0. The van der Waals surface area contributed by atoms with Crippen LogP contribution in [0.4, 0.5) is 4.39 Å². The molecule has 0 bridgehead atoms. The molecule has 4 nitrogen and oxygen atoms in total. The minimum atomic E-state index is -1.34. The standard InChI is InChI=1S/C41H33N2O.C21H25FNSi.Ir/c1-25(2)34-23-29(27-13-6-5-7-14-27)24-35(26(3)4)38(34)43-37-20-11-10-19-36(37)42-41(43)33-18-12-17-31-32-22-21-28-15-8-9-16-30(28)39(32)44-40(31)33;1-21(2)10-13-24(11-4-3-5-12-24)20-15-23-19(14-18(20)21)16-6-8-17(22)9-7-16;/h5-17,19-26H,1-4H3;6,8-9,14-15H,3-5,10-13H2,1-2H3;/q2*-1;. The number of para-hydroxylation sites is 2. The summed E-state index contributed by atoms with van der Waals surface area (Å²) in [5, 5.41) is 6.07. The summed E-state index contributed by atoms with van der Waals surface area (Å²) < 4.78 is 22.3. The summed E-state index contributed by atoms with van der Waals surface area (Å²) in [5.74, 6) is 1.18. The van der Waals surface area contributed by atoms with Crippen LogP contribution in [0.15, 0.2) is 150 Å². The molecule has 1 radical (unpaired) electrons. The molecule has 0 atom stereocenters. The second kappa shape index (κ2) is 18.7. The third-order valence-corrected chi connectivity index (χ3v) is 20.5. The van der Waals surface area contributed by atoms with Gasteiger partial charge in [0.25, 0.3) is 0 Å². The summed E-state index contributed by atoms with van der Waals surface area (Å²) in [6.45, 7) is 13.9. The van der Waals surface area contributed by atoms with Gasteiger partial charge in [0.05, 0.1) is 30.5 Å². The Kier molecular flexibility index (Phi) is 12.7. The van der Waals surface area contributed by atoms with Crippen LogP contribution in [-0.4, -0.2) is 22.6 Å². The van der Waals surface area contributed by atoms with Crippen LogP contribution < -0.4 is 5.19 Å². The van der Waals surface area contributed by atoms with Gasteiger partial charge in [-0.2, -0.15) is 0 Å². The predicted octanol–water partition coefficient (Wildman–Crippen LogP) is 16.7. The number of aromatic nitrogens is 3. The number of halogens is 1. The van der Waals surface area contributed by atoms with E-state index < -0.39 is 8.07 Å². The minimum Gasteiger partial charge on any atom is -0.500 e. The van der Waals surface area contributed by atoms with Gasteiger partial charge in [0.15, 0.2) is 0 Å². The van der Waals surface area contributed by atoms with Gasteiger partial charge < -0.3 is 14.0 Å². The van der Waals surface area contributed by atoms with Crippen molar-refractivity contribution in [1.82, 2.24) is 14.5 Å². The molecule has 0 amide bonds. The van der Waals surface area contributed by atoms with Crippen molar-refractivity contribution in [2.45, 2.75) is 103 Å². The minimum absolute atomic E-state index is 0. The van der Waals surface area contributed by atoms with Crippen molar-refractivity contribution in [3.05, 3.63) is 180 Å². The quantitative estimate of drug-likeness (QED) is 0.123. The summed E-state index contributed by atoms with van der Waals surface area (Å²) in [6.07, 6.45) is 7.69. The normalized spacial score (nSPS) is 15.1. The van der Waals surface area contributed by atoms with E-state index in [9.17, 15) is 4.39 Å². The number of rotatable bonds is 6. The van der Waals surface area contributed by atoms with Crippen LogP contribution in [0.5, 0.6) is 0 Å². The number of pyridine rings is 1. The molecule has 5 heterocycles. The second-order valence-electron chi connectivity index (χ2n) is 20.6. The van der Waals surface area contributed by atoms with E-state index in [1.54, 1.807) is 11.3 Å². The summed E-state index contributed by atoms with van der Waals surface area (Å²) in [7, 11) is -1.34. The number of benzene rings is 7. The number of nitrogens with zero attached hydrogens (tertiary/aromatic N) is 3. The number of hydrogen-bond acceptors (Lipinski definition) is 3. The van der Waals surface area contributed by atoms with Gasteiger partial charge in [-0.05, 0) is 92.0 Å². The van der Waals surface area contributed by atoms with Gasteiger partial charge in [-0.25, -0.2) is 0 Å². The molecule has 349 valence electrons. The van der Waals surface area contributed by atoms with Crippen LogP contribution >= 0.6 is 0 Å². The molecule has 1 saturated heterocycles. The topological polar surface area (TPSA) is 43.9 Å². The van der Waals surface area contributed by atoms with Crippen molar-refractivity contribution >= 4 is 57.0 Å². The molecule has 7 heteroatoms. The first kappa shape index (κ1) is 46.7. The van der Waals surface area contributed by atoms with E-state index in [1.807, 2.05) is 6.07 Å². The maximum absolute atomic E-state index is 13.2. The molecule has 2 aliphatic heterocycles. The van der Waals surface area contributed by atoms with E-state index in [4.69, 9.17) is 14.4 Å². The molecule has 0 N–H and O–H groups in total. The monoisotopic (exact) mass is 1100 g/mol. The number of fused-ring (bicyclic) bond motifs is 8. The summed E-state index contributed by atoms with van der Waals surface area (Å²) in [6, 6.07) is 58.6. The summed E-state index contributed by atoms with van der Waals surface area (Å²) in [4.78, 5) is 10.1. The molecule has 1 spiro atoms. The first-order valence-electron chi connectivity index (χ1n) is 24.6. The maximum atomic E-state index is 13.2. The Labute approximate surface area is 420 Å². The predicted molar refractivity (Wildman–Crippen MR) is 284 cm³/mol. The van der Waals surface area contributed by atoms with E-state index in [0.29, 0.717) is 0 Å². The fourth-order valence-corrected chi connectivity index (χ4v) is 17.2. The average molecular weight is 1100 g/mol. The molecule has 0 aliphatic carbocycles. The molecule has 1 fully saturated rings. The van der Waals surface area contributed by atoms with Gasteiger partial charge >= 0.3 is 0 Å². The smallest absolute Gasteiger partial charge is 0.128 e. The maximum Gasteiger partial charge on any atom is 0.128 e. The molecule has 0 saturated carbocycles. The van der Waals surface area contributed by atoms with Gasteiger partial charge in [-0.15, -0.1) is 48.0 Å². The second-order valence-corrected chi connectivity index (χ2v) is 25.2. The molecule has 7 aromatic carbocycles. The SMILES string of the molecule is CC(C)c1cc(-c2ccccc2)cc(C(C)C)c1-n1c(-c2[c-]ccc3c2oc2c4ccccc4ccc32)nc2ccccc21.CC1(C)CC[Si]2(CCCCC2)c2cnc(-c3[c-]cc(F)cc3)cc21.[Ir]. The molecule has 0 unspecified atom stereocenters. The molecule has 10 aromatic rings. The van der Waals surface area contributed by atoms with E-state index >= 15 is 0 Å². The van der Waals surface area contributed by atoms with Crippen molar-refractivity contribution in [2.75, 3.05) is 0 Å². The zero-order chi connectivity index (χ0) is 46.7. The van der Waals surface area contributed by atoms with Crippen molar-refractivity contribution in [2.24, 2.45) is 0 Å². The Morgan fingerprint density at radius 2 is 1.41 bits per heavy atom. The van der Waals surface area contributed by atoms with Crippen LogP contribution in [0, 0.1) is 17.9 Å². The Balaban J connectivity index is 0.000000187. The number of furan rings is 1. The summed E-state index contributed by atoms with van der Waals surface area (Å²) in [5.41, 5.74) is 14.4. The molecule has 3 aromatic heterocycles. The van der Waals surface area contributed by atoms with Gasteiger partial charge in [0.2, 0.25) is 0 Å².